The van der Waals surface area contributed by atoms with Crippen molar-refractivity contribution in [1.29, 1.82) is 0 Å². The monoisotopic (exact) mass is 780 g/mol. The van der Waals surface area contributed by atoms with E-state index in [-0.39, 0.29) is 68.5 Å². The summed E-state index contributed by atoms with van der Waals surface area (Å²) in [6, 6.07) is 10.1. The normalized spacial score (nSPS) is 23.1. The van der Waals surface area contributed by atoms with Crippen LogP contribution in [0, 0.1) is 17.8 Å². The van der Waals surface area contributed by atoms with Gasteiger partial charge in [0, 0.05) is 43.7 Å². The van der Waals surface area contributed by atoms with Crippen LogP contribution in [-0.2, 0) is 35.4 Å². The van der Waals surface area contributed by atoms with Crippen LogP contribution in [0.25, 0.3) is 11.1 Å². The Morgan fingerprint density at radius 3 is 2.58 bits per heavy atom. The van der Waals surface area contributed by atoms with Crippen LogP contribution >= 0.6 is 11.6 Å². The quantitative estimate of drug-likeness (QED) is 0.149. The first kappa shape index (κ1) is 39.6. The van der Waals surface area contributed by atoms with Gasteiger partial charge in [-0.25, -0.2) is 12.8 Å². The molecule has 13 nitrogen and oxygen atoms in total. The Labute approximate surface area is 314 Å². The molecule has 6 atom stereocenters. The minimum Gasteiger partial charge on any atom is -0.495 e. The number of ether oxygens (including phenoxy) is 4. The van der Waals surface area contributed by atoms with Crippen molar-refractivity contribution in [3.8, 4) is 5.75 Å². The number of sulfonamides is 1. The fraction of sp³-hybridized carbons (Fsp3) is 0.622. The van der Waals surface area contributed by atoms with E-state index >= 15 is 0 Å². The van der Waals surface area contributed by atoms with E-state index in [4.69, 9.17) is 35.0 Å². The minimum absolute atomic E-state index is 0.00116. The molecular weight excluding hydrogens is 731 g/mol. The van der Waals surface area contributed by atoms with E-state index in [1.54, 1.807) is 24.3 Å². The van der Waals surface area contributed by atoms with Crippen LogP contribution in [-0.4, -0.2) is 105 Å². The Bertz CT molecular complexity index is 1850. The van der Waals surface area contributed by atoms with E-state index in [1.807, 2.05) is 13.8 Å². The number of aliphatic hydroxyl groups is 1. The fourth-order valence-corrected chi connectivity index (χ4v) is 8.73. The van der Waals surface area contributed by atoms with Crippen molar-refractivity contribution in [3.63, 3.8) is 0 Å². The first-order chi connectivity index (χ1) is 25.1. The molecule has 3 fully saturated rings. The molecule has 2 aliphatic heterocycles. The number of nitrogens with zero attached hydrogens (tertiary/aromatic N) is 2. The van der Waals surface area contributed by atoms with Crippen molar-refractivity contribution >= 4 is 44.7 Å². The lowest BCUT2D eigenvalue weighted by Gasteiger charge is -2.30. The molecule has 3 heterocycles. The second-order valence-corrected chi connectivity index (χ2v) is 17.7. The molecule has 3 aliphatic rings. The second kappa shape index (κ2) is 16.4. The van der Waals surface area contributed by atoms with Gasteiger partial charge in [0.1, 0.15) is 23.0 Å². The number of carbonyl (C=O) groups is 1. The standard InChI is InChI=1S/C37H50ClFN4O9S/c1-21(2)16-43(53(46,47)25-9-10-27-31(15-25)52-36(42-27)41-24-7-8-24)17-29(44)23(12-22-6-11-30(48-5)26(38)13-22)14-33(45)51-32-19-50-35-34(32)28(18-49-35)40-20-37(3,4)39/h6,9-11,13,15,21,23-24,28-29,32,34-35,40,44H,7-8,12,14,16-20H2,1-5H3,(H,41,42)/t23-,28+,29-,32+,34+,35-/m1/s1. The molecule has 1 aromatic heterocycles. The summed E-state index contributed by atoms with van der Waals surface area (Å²) in [7, 11) is -2.64. The summed E-state index contributed by atoms with van der Waals surface area (Å²) in [4.78, 5) is 18.1. The van der Waals surface area contributed by atoms with Gasteiger partial charge in [0.15, 0.2) is 11.9 Å². The van der Waals surface area contributed by atoms with Gasteiger partial charge < -0.3 is 39.1 Å². The molecule has 0 unspecified atom stereocenters. The molecule has 0 bridgehead atoms. The van der Waals surface area contributed by atoms with Gasteiger partial charge in [0.05, 0.1) is 48.7 Å². The Kier molecular flexibility index (Phi) is 12.2. The number of hydrogen-bond donors (Lipinski definition) is 3. The number of fused-ring (bicyclic) bond motifs is 2. The van der Waals surface area contributed by atoms with Gasteiger partial charge in [0.2, 0.25) is 10.0 Å². The van der Waals surface area contributed by atoms with Crippen molar-refractivity contribution in [2.24, 2.45) is 17.8 Å². The number of benzene rings is 2. The highest BCUT2D eigenvalue weighted by Crippen LogP contribution is 2.35. The molecule has 292 valence electrons. The molecule has 1 aliphatic carbocycles. The van der Waals surface area contributed by atoms with Gasteiger partial charge in [-0.1, -0.05) is 31.5 Å². The number of esters is 1. The highest BCUT2D eigenvalue weighted by molar-refractivity contribution is 7.89. The summed E-state index contributed by atoms with van der Waals surface area (Å²) in [5.74, 6) is -1.33. The average Bonchev–Trinajstić information content (AvgIpc) is 3.47. The summed E-state index contributed by atoms with van der Waals surface area (Å²) < 4.78 is 72.5. The third-order valence-electron chi connectivity index (χ3n) is 9.69. The van der Waals surface area contributed by atoms with Crippen molar-refractivity contribution in [2.45, 2.75) is 94.5 Å². The zero-order valence-corrected chi connectivity index (χ0v) is 32.3. The van der Waals surface area contributed by atoms with Crippen LogP contribution < -0.4 is 15.4 Å². The van der Waals surface area contributed by atoms with E-state index in [0.717, 1.165) is 12.8 Å². The van der Waals surface area contributed by atoms with E-state index in [9.17, 15) is 22.7 Å². The minimum atomic E-state index is -4.14. The van der Waals surface area contributed by atoms with Crippen molar-refractivity contribution in [3.05, 3.63) is 47.0 Å². The predicted molar refractivity (Wildman–Crippen MR) is 196 cm³/mol. The van der Waals surface area contributed by atoms with Gasteiger partial charge >= 0.3 is 5.97 Å². The first-order valence-corrected chi connectivity index (χ1v) is 19.9. The van der Waals surface area contributed by atoms with Gasteiger partial charge in [0.25, 0.3) is 6.01 Å². The fourth-order valence-electron chi connectivity index (χ4n) is 6.82. The maximum Gasteiger partial charge on any atom is 0.306 e. The number of anilines is 1. The van der Waals surface area contributed by atoms with Crippen LogP contribution in [0.3, 0.4) is 0 Å². The number of carbonyl (C=O) groups excluding carboxylic acids is 1. The third kappa shape index (κ3) is 9.99. The van der Waals surface area contributed by atoms with Gasteiger partial charge in [-0.3, -0.25) is 4.79 Å². The number of methoxy groups -OCH3 is 1. The number of rotatable bonds is 18. The number of alkyl halides is 1. The molecule has 6 rings (SSSR count). The molecule has 16 heteroatoms. The number of oxazole rings is 1. The topological polar surface area (TPSA) is 162 Å². The van der Waals surface area contributed by atoms with Gasteiger partial charge in [-0.2, -0.15) is 9.29 Å². The maximum absolute atomic E-state index is 14.3. The zero-order valence-electron chi connectivity index (χ0n) is 30.7. The second-order valence-electron chi connectivity index (χ2n) is 15.3. The molecule has 0 amide bonds. The van der Waals surface area contributed by atoms with Crippen LogP contribution in [0.15, 0.2) is 45.7 Å². The predicted octanol–water partition coefficient (Wildman–Crippen LogP) is 4.94. The Balaban J connectivity index is 1.21. The Hall–Kier alpha value is -3.05. The average molecular weight is 781 g/mol. The van der Waals surface area contributed by atoms with E-state index in [2.05, 4.69) is 15.6 Å². The van der Waals surface area contributed by atoms with Crippen molar-refractivity contribution in [2.75, 3.05) is 45.3 Å². The molecular formula is C37H50ClFN4O9S. The molecule has 0 radical (unpaired) electrons. The molecule has 1 saturated carbocycles. The van der Waals surface area contributed by atoms with Crippen LogP contribution in [0.4, 0.5) is 10.4 Å². The van der Waals surface area contributed by atoms with Crippen molar-refractivity contribution in [1.82, 2.24) is 14.6 Å². The van der Waals surface area contributed by atoms with Crippen molar-refractivity contribution < 1.29 is 46.1 Å². The lowest BCUT2D eigenvalue weighted by Crippen LogP contribution is -2.46. The lowest BCUT2D eigenvalue weighted by atomic mass is 9.90. The van der Waals surface area contributed by atoms with Crippen LogP contribution in [0.1, 0.15) is 52.5 Å². The van der Waals surface area contributed by atoms with Crippen LogP contribution in [0.5, 0.6) is 5.75 Å². The lowest BCUT2D eigenvalue weighted by molar-refractivity contribution is -0.153. The number of halogens is 2. The summed E-state index contributed by atoms with van der Waals surface area (Å²) in [6.07, 6.45) is -0.538. The van der Waals surface area contributed by atoms with Crippen LogP contribution in [0.2, 0.25) is 5.02 Å². The highest BCUT2D eigenvalue weighted by Gasteiger charge is 2.50. The molecule has 2 aromatic carbocycles. The first-order valence-electron chi connectivity index (χ1n) is 18.1. The Morgan fingerprint density at radius 2 is 1.91 bits per heavy atom. The zero-order chi connectivity index (χ0) is 38.1. The van der Waals surface area contributed by atoms with E-state index < -0.39 is 46.1 Å². The van der Waals surface area contributed by atoms with Gasteiger partial charge in [-0.05, 0) is 68.9 Å². The molecule has 3 N–H and O–H groups in total. The van der Waals surface area contributed by atoms with E-state index in [0.29, 0.717) is 39.5 Å². The highest BCUT2D eigenvalue weighted by atomic mass is 35.5. The summed E-state index contributed by atoms with van der Waals surface area (Å²) >= 11 is 6.43. The number of aromatic nitrogens is 1. The summed E-state index contributed by atoms with van der Waals surface area (Å²) in [5.41, 5.74) is 0.112. The smallest absolute Gasteiger partial charge is 0.306 e. The molecule has 3 aromatic rings. The van der Waals surface area contributed by atoms with E-state index in [1.165, 1.54) is 37.4 Å². The SMILES string of the molecule is COc1ccc(C[C@H](CC(=O)O[C@H]2CO[C@H]3OC[C@H](NCC(C)(C)F)[C@H]32)[C@H](O)CN(CC(C)C)S(=O)(=O)c2ccc3nc(NC4CC4)oc3c2)cc1Cl. The number of hydrogen-bond acceptors (Lipinski definition) is 12. The summed E-state index contributed by atoms with van der Waals surface area (Å²) in [6.45, 7) is 7.02. The Morgan fingerprint density at radius 1 is 1.15 bits per heavy atom. The molecule has 0 spiro atoms. The largest absolute Gasteiger partial charge is 0.495 e. The third-order valence-corrected chi connectivity index (χ3v) is 11.8. The summed E-state index contributed by atoms with van der Waals surface area (Å²) in [5, 5.41) is 18.6. The number of nitrogens with one attached hydrogen (secondary N) is 2. The van der Waals surface area contributed by atoms with Gasteiger partial charge in [-0.15, -0.1) is 0 Å². The molecule has 53 heavy (non-hydrogen) atoms. The maximum atomic E-state index is 14.3. The molecule has 2 saturated heterocycles. The number of aliphatic hydroxyl groups excluding tert-OH is 1.